The molecule has 0 saturated carbocycles. The van der Waals surface area contributed by atoms with Gasteiger partial charge in [-0.3, -0.25) is 4.79 Å². The first-order valence-corrected chi connectivity index (χ1v) is 8.17. The summed E-state index contributed by atoms with van der Waals surface area (Å²) in [5.41, 5.74) is 1.07. The molecule has 0 aliphatic carbocycles. The number of para-hydroxylation sites is 2. The van der Waals surface area contributed by atoms with Crippen molar-refractivity contribution in [2.24, 2.45) is 0 Å². The maximum atomic E-state index is 12.4. The van der Waals surface area contributed by atoms with Gasteiger partial charge in [0.1, 0.15) is 17.4 Å². The van der Waals surface area contributed by atoms with Gasteiger partial charge in [-0.25, -0.2) is 0 Å². The fraction of sp³-hybridized carbons (Fsp3) is 0.200. The van der Waals surface area contributed by atoms with Crippen molar-refractivity contribution in [2.45, 2.75) is 13.0 Å². The van der Waals surface area contributed by atoms with E-state index in [2.05, 4.69) is 10.6 Å². The van der Waals surface area contributed by atoms with Gasteiger partial charge in [-0.05, 0) is 36.8 Å². The number of nitriles is 1. The molecule has 0 heterocycles. The lowest BCUT2D eigenvalue weighted by Gasteiger charge is -2.16. The minimum atomic E-state index is -0.539. The monoisotopic (exact) mass is 367 g/mol. The summed E-state index contributed by atoms with van der Waals surface area (Å²) < 4.78 is 10.5. The van der Waals surface area contributed by atoms with E-state index in [9.17, 15) is 15.2 Å². The molecule has 1 unspecified atom stereocenters. The van der Waals surface area contributed by atoms with Crippen molar-refractivity contribution in [3.63, 3.8) is 0 Å². The number of carbonyl (C=O) groups excluding carboxylic acids is 1. The van der Waals surface area contributed by atoms with Crippen LogP contribution in [0.15, 0.2) is 54.2 Å². The van der Waals surface area contributed by atoms with E-state index >= 15 is 0 Å². The number of anilines is 1. The summed E-state index contributed by atoms with van der Waals surface area (Å²) in [6.07, 6.45) is 1.26. The Morgan fingerprint density at radius 1 is 1.19 bits per heavy atom. The van der Waals surface area contributed by atoms with Gasteiger partial charge in [0.15, 0.2) is 11.5 Å². The molecule has 0 radical (unpaired) electrons. The zero-order valence-electron chi connectivity index (χ0n) is 15.3. The maximum absolute atomic E-state index is 12.4. The van der Waals surface area contributed by atoms with Crippen LogP contribution in [-0.4, -0.2) is 25.2 Å². The van der Waals surface area contributed by atoms with E-state index in [-0.39, 0.29) is 17.4 Å². The molecule has 0 aliphatic heterocycles. The van der Waals surface area contributed by atoms with Crippen molar-refractivity contribution >= 4 is 11.6 Å². The average Bonchev–Trinajstić information content (AvgIpc) is 2.69. The molecule has 0 aromatic heterocycles. The molecule has 1 atom stereocenters. The van der Waals surface area contributed by atoms with Gasteiger partial charge in [0.25, 0.3) is 5.91 Å². The standard InChI is InChI=1S/C20H21N3O4/c1-13(14-8-9-18(26-2)19(10-14)27-3)23-20(25)15(11-21)12-22-16-6-4-5-7-17(16)24/h4-10,12-13,22,24H,1-3H3,(H,23,25)/b15-12-. The Morgan fingerprint density at radius 2 is 1.89 bits per heavy atom. The van der Waals surface area contributed by atoms with Crippen LogP contribution in [0.3, 0.4) is 0 Å². The summed E-state index contributed by atoms with van der Waals surface area (Å²) in [6.45, 7) is 1.80. The lowest BCUT2D eigenvalue weighted by Crippen LogP contribution is -2.28. The molecular weight excluding hydrogens is 346 g/mol. The van der Waals surface area contributed by atoms with Crippen LogP contribution in [-0.2, 0) is 4.79 Å². The minimum Gasteiger partial charge on any atom is -0.506 e. The number of aromatic hydroxyl groups is 1. The maximum Gasteiger partial charge on any atom is 0.263 e. The van der Waals surface area contributed by atoms with Gasteiger partial charge in [0.2, 0.25) is 0 Å². The molecule has 0 fully saturated rings. The Balaban J connectivity index is 2.11. The number of nitrogens with zero attached hydrogens (tertiary/aromatic N) is 1. The fourth-order valence-electron chi connectivity index (χ4n) is 2.37. The number of rotatable bonds is 7. The lowest BCUT2D eigenvalue weighted by atomic mass is 10.1. The molecule has 2 aromatic carbocycles. The summed E-state index contributed by atoms with van der Waals surface area (Å²) >= 11 is 0. The molecular formula is C20H21N3O4. The second kappa shape index (κ2) is 9.15. The van der Waals surface area contributed by atoms with E-state index < -0.39 is 5.91 Å². The molecule has 140 valence electrons. The molecule has 0 bridgehead atoms. The average molecular weight is 367 g/mol. The largest absolute Gasteiger partial charge is 0.506 e. The Bertz CT molecular complexity index is 887. The van der Waals surface area contributed by atoms with E-state index in [1.165, 1.54) is 19.4 Å². The number of methoxy groups -OCH3 is 2. The van der Waals surface area contributed by atoms with Crippen LogP contribution in [0.4, 0.5) is 5.69 Å². The van der Waals surface area contributed by atoms with Crippen molar-refractivity contribution in [1.29, 1.82) is 5.26 Å². The highest BCUT2D eigenvalue weighted by molar-refractivity contribution is 5.97. The van der Waals surface area contributed by atoms with Crippen molar-refractivity contribution < 1.29 is 19.4 Å². The van der Waals surface area contributed by atoms with Crippen molar-refractivity contribution in [2.75, 3.05) is 19.5 Å². The third kappa shape index (κ3) is 4.92. The highest BCUT2D eigenvalue weighted by Gasteiger charge is 2.15. The zero-order chi connectivity index (χ0) is 19.8. The van der Waals surface area contributed by atoms with Crippen LogP contribution in [0.25, 0.3) is 0 Å². The summed E-state index contributed by atoms with van der Waals surface area (Å²) in [7, 11) is 3.08. The first-order valence-electron chi connectivity index (χ1n) is 8.17. The molecule has 0 spiro atoms. The highest BCUT2D eigenvalue weighted by atomic mass is 16.5. The Kier molecular flexibility index (Phi) is 6.67. The second-order valence-electron chi connectivity index (χ2n) is 5.64. The Labute approximate surface area is 157 Å². The summed E-state index contributed by atoms with van der Waals surface area (Å²) in [5, 5.41) is 24.5. The third-order valence-corrected chi connectivity index (χ3v) is 3.90. The highest BCUT2D eigenvalue weighted by Crippen LogP contribution is 2.30. The first kappa shape index (κ1) is 19.7. The van der Waals surface area contributed by atoms with E-state index in [0.717, 1.165) is 5.56 Å². The molecule has 3 N–H and O–H groups in total. The molecule has 0 saturated heterocycles. The van der Waals surface area contributed by atoms with Crippen LogP contribution in [0.5, 0.6) is 17.2 Å². The second-order valence-corrected chi connectivity index (χ2v) is 5.64. The predicted octanol–water partition coefficient (Wildman–Crippen LogP) is 3.11. The van der Waals surface area contributed by atoms with Crippen LogP contribution < -0.4 is 20.1 Å². The number of benzene rings is 2. The van der Waals surface area contributed by atoms with E-state index in [0.29, 0.717) is 17.2 Å². The number of hydrogen-bond acceptors (Lipinski definition) is 6. The molecule has 2 aromatic rings. The normalized spacial score (nSPS) is 11.9. The van der Waals surface area contributed by atoms with Gasteiger partial charge in [-0.15, -0.1) is 0 Å². The van der Waals surface area contributed by atoms with Crippen molar-refractivity contribution in [1.82, 2.24) is 5.32 Å². The number of carbonyl (C=O) groups is 1. The summed E-state index contributed by atoms with van der Waals surface area (Å²) in [5.74, 6) is 0.616. The quantitative estimate of drug-likeness (QED) is 0.395. The fourth-order valence-corrected chi connectivity index (χ4v) is 2.37. The van der Waals surface area contributed by atoms with Crippen molar-refractivity contribution in [3.05, 3.63) is 59.8 Å². The zero-order valence-corrected chi connectivity index (χ0v) is 15.3. The number of ether oxygens (including phenoxy) is 2. The molecule has 7 nitrogen and oxygen atoms in total. The van der Waals surface area contributed by atoms with E-state index in [1.807, 2.05) is 12.1 Å². The molecule has 27 heavy (non-hydrogen) atoms. The Hall–Kier alpha value is -3.66. The number of phenolic OH excluding ortho intramolecular Hbond substituents is 1. The first-order chi connectivity index (χ1) is 13.0. The van der Waals surface area contributed by atoms with Gasteiger partial charge in [0, 0.05) is 6.20 Å². The van der Waals surface area contributed by atoms with Gasteiger partial charge >= 0.3 is 0 Å². The van der Waals surface area contributed by atoms with Gasteiger partial charge in [-0.2, -0.15) is 5.26 Å². The Morgan fingerprint density at radius 3 is 2.52 bits per heavy atom. The SMILES string of the molecule is COc1ccc(C(C)NC(=O)/C(C#N)=C\Nc2ccccc2O)cc1OC. The third-order valence-electron chi connectivity index (χ3n) is 3.90. The van der Waals surface area contributed by atoms with Gasteiger partial charge < -0.3 is 25.2 Å². The molecule has 0 aliphatic rings. The summed E-state index contributed by atoms with van der Waals surface area (Å²) in [6, 6.07) is 13.3. The van der Waals surface area contributed by atoms with Crippen LogP contribution >= 0.6 is 0 Å². The van der Waals surface area contributed by atoms with Gasteiger partial charge in [0.05, 0.1) is 25.9 Å². The number of phenols is 1. The van der Waals surface area contributed by atoms with E-state index in [1.54, 1.807) is 44.4 Å². The smallest absolute Gasteiger partial charge is 0.263 e. The minimum absolute atomic E-state index is 0.0187. The number of hydrogen-bond donors (Lipinski definition) is 3. The molecule has 7 heteroatoms. The molecule has 2 rings (SSSR count). The molecule has 1 amide bonds. The summed E-state index contributed by atoms with van der Waals surface area (Å²) in [4.78, 5) is 12.4. The topological polar surface area (TPSA) is 104 Å². The number of amides is 1. The lowest BCUT2D eigenvalue weighted by molar-refractivity contribution is -0.117. The van der Waals surface area contributed by atoms with Crippen molar-refractivity contribution in [3.8, 4) is 23.3 Å². The number of nitrogens with one attached hydrogen (secondary N) is 2. The van der Waals surface area contributed by atoms with E-state index in [4.69, 9.17) is 9.47 Å². The van der Waals surface area contributed by atoms with Crippen LogP contribution in [0.1, 0.15) is 18.5 Å². The van der Waals surface area contributed by atoms with Crippen LogP contribution in [0.2, 0.25) is 0 Å². The van der Waals surface area contributed by atoms with Gasteiger partial charge in [-0.1, -0.05) is 18.2 Å². The van der Waals surface area contributed by atoms with Crippen LogP contribution in [0, 0.1) is 11.3 Å². The predicted molar refractivity (Wildman–Crippen MR) is 102 cm³/mol.